The molecule has 0 aliphatic rings. The molecule has 72 valence electrons. The van der Waals surface area contributed by atoms with E-state index in [2.05, 4.69) is 15.9 Å². The van der Waals surface area contributed by atoms with Crippen LogP contribution in [0.2, 0.25) is 0 Å². The highest BCUT2D eigenvalue weighted by Gasteiger charge is 2.08. The highest BCUT2D eigenvalue weighted by Crippen LogP contribution is 2.20. The minimum Gasteiger partial charge on any atom is -0.392 e. The maximum Gasteiger partial charge on any atom is 0.0685 e. The van der Waals surface area contributed by atoms with Crippen LogP contribution in [0.3, 0.4) is 0 Å². The highest BCUT2D eigenvalue weighted by molar-refractivity contribution is 9.10. The van der Waals surface area contributed by atoms with Crippen molar-refractivity contribution in [2.75, 3.05) is 6.54 Å². The van der Waals surface area contributed by atoms with Gasteiger partial charge in [-0.25, -0.2) is 0 Å². The number of nitrogens with two attached hydrogens (primary N) is 2. The van der Waals surface area contributed by atoms with Gasteiger partial charge in [0.2, 0.25) is 0 Å². The molecular weight excluding hydrogens is 232 g/mol. The molecule has 0 fully saturated rings. The normalized spacial score (nSPS) is 12.9. The van der Waals surface area contributed by atoms with E-state index < -0.39 is 0 Å². The third kappa shape index (κ3) is 2.51. The molecule has 1 rings (SSSR count). The van der Waals surface area contributed by atoms with Gasteiger partial charge in [-0.15, -0.1) is 0 Å². The fraction of sp³-hybridized carbons (Fsp3) is 0.333. The zero-order valence-corrected chi connectivity index (χ0v) is 8.79. The van der Waals surface area contributed by atoms with Crippen LogP contribution in [0.5, 0.6) is 0 Å². The molecule has 0 aromatic heterocycles. The molecule has 0 saturated heterocycles. The highest BCUT2D eigenvalue weighted by atomic mass is 79.9. The summed E-state index contributed by atoms with van der Waals surface area (Å²) in [5.74, 6) is 0. The van der Waals surface area contributed by atoms with Crippen molar-refractivity contribution >= 4 is 15.9 Å². The van der Waals surface area contributed by atoms with E-state index in [4.69, 9.17) is 16.6 Å². The average molecular weight is 245 g/mol. The SMILES string of the molecule is NC[C@@H](N)c1ccc(Br)cc1CO. The molecule has 1 aromatic rings. The van der Waals surface area contributed by atoms with E-state index in [1.807, 2.05) is 18.2 Å². The van der Waals surface area contributed by atoms with Crippen LogP contribution in [-0.2, 0) is 6.61 Å². The lowest BCUT2D eigenvalue weighted by Gasteiger charge is -2.13. The number of hydrogen-bond acceptors (Lipinski definition) is 3. The van der Waals surface area contributed by atoms with Crippen molar-refractivity contribution in [2.24, 2.45) is 11.5 Å². The minimum atomic E-state index is -0.199. The van der Waals surface area contributed by atoms with Gasteiger partial charge in [-0.3, -0.25) is 0 Å². The van der Waals surface area contributed by atoms with Crippen LogP contribution in [-0.4, -0.2) is 11.7 Å². The Bertz CT molecular complexity index is 291. The van der Waals surface area contributed by atoms with E-state index in [0.29, 0.717) is 6.54 Å². The van der Waals surface area contributed by atoms with Gasteiger partial charge in [0.25, 0.3) is 0 Å². The zero-order valence-electron chi connectivity index (χ0n) is 7.20. The van der Waals surface area contributed by atoms with Crippen molar-refractivity contribution in [3.05, 3.63) is 33.8 Å². The molecule has 0 aliphatic carbocycles. The monoisotopic (exact) mass is 244 g/mol. The van der Waals surface area contributed by atoms with Crippen LogP contribution < -0.4 is 11.5 Å². The molecule has 5 N–H and O–H groups in total. The fourth-order valence-corrected chi connectivity index (χ4v) is 1.61. The van der Waals surface area contributed by atoms with Crippen LogP contribution >= 0.6 is 15.9 Å². The molecule has 0 bridgehead atoms. The summed E-state index contributed by atoms with van der Waals surface area (Å²) in [6.07, 6.45) is 0. The standard InChI is InChI=1S/C9H13BrN2O/c10-7-1-2-8(9(12)4-11)6(3-7)5-13/h1-3,9,13H,4-5,11-12H2/t9-/m1/s1. The summed E-state index contributed by atoms with van der Waals surface area (Å²) in [5, 5.41) is 9.07. The Morgan fingerprint density at radius 3 is 2.69 bits per heavy atom. The first-order valence-corrected chi connectivity index (χ1v) is 4.83. The molecule has 0 amide bonds. The quantitative estimate of drug-likeness (QED) is 0.740. The molecule has 1 aromatic carbocycles. The lowest BCUT2D eigenvalue weighted by molar-refractivity contribution is 0.280. The van der Waals surface area contributed by atoms with Crippen molar-refractivity contribution in [3.63, 3.8) is 0 Å². The maximum absolute atomic E-state index is 9.07. The summed E-state index contributed by atoms with van der Waals surface area (Å²) in [4.78, 5) is 0. The number of aliphatic hydroxyl groups is 1. The summed E-state index contributed by atoms with van der Waals surface area (Å²) in [7, 11) is 0. The molecule has 0 spiro atoms. The third-order valence-corrected chi connectivity index (χ3v) is 2.42. The Morgan fingerprint density at radius 2 is 2.15 bits per heavy atom. The summed E-state index contributed by atoms with van der Waals surface area (Å²) in [6, 6.07) is 5.43. The average Bonchev–Trinajstić information content (AvgIpc) is 2.16. The Balaban J connectivity index is 3.05. The molecule has 0 heterocycles. The first-order chi connectivity index (χ1) is 6.19. The Labute approximate surface area is 85.9 Å². The molecule has 0 radical (unpaired) electrons. The van der Waals surface area contributed by atoms with Gasteiger partial charge in [-0.1, -0.05) is 22.0 Å². The van der Waals surface area contributed by atoms with Gasteiger partial charge in [0.15, 0.2) is 0 Å². The van der Waals surface area contributed by atoms with Crippen molar-refractivity contribution in [3.8, 4) is 0 Å². The summed E-state index contributed by atoms with van der Waals surface area (Å²) in [5.41, 5.74) is 13.0. The van der Waals surface area contributed by atoms with Crippen LogP contribution in [0.1, 0.15) is 17.2 Å². The number of benzene rings is 1. The topological polar surface area (TPSA) is 72.3 Å². The summed E-state index contributed by atoms with van der Waals surface area (Å²) in [6.45, 7) is 0.372. The second kappa shape index (κ2) is 4.72. The van der Waals surface area contributed by atoms with Gasteiger partial charge < -0.3 is 16.6 Å². The summed E-state index contributed by atoms with van der Waals surface area (Å²) >= 11 is 3.32. The van der Waals surface area contributed by atoms with Crippen LogP contribution in [0.15, 0.2) is 22.7 Å². The van der Waals surface area contributed by atoms with Crippen molar-refractivity contribution in [1.82, 2.24) is 0 Å². The van der Waals surface area contributed by atoms with Gasteiger partial charge in [-0.2, -0.15) is 0 Å². The maximum atomic E-state index is 9.07. The number of aliphatic hydroxyl groups excluding tert-OH is 1. The first kappa shape index (κ1) is 10.7. The Morgan fingerprint density at radius 1 is 1.46 bits per heavy atom. The molecule has 13 heavy (non-hydrogen) atoms. The van der Waals surface area contributed by atoms with E-state index in [0.717, 1.165) is 15.6 Å². The Kier molecular flexibility index (Phi) is 3.87. The Hall–Kier alpha value is -0.420. The molecule has 0 saturated carbocycles. The van der Waals surface area contributed by atoms with Crippen molar-refractivity contribution < 1.29 is 5.11 Å². The van der Waals surface area contributed by atoms with E-state index >= 15 is 0 Å². The number of hydrogen-bond donors (Lipinski definition) is 3. The van der Waals surface area contributed by atoms with E-state index in [9.17, 15) is 0 Å². The number of rotatable bonds is 3. The van der Waals surface area contributed by atoms with E-state index in [1.54, 1.807) is 0 Å². The van der Waals surface area contributed by atoms with Crippen LogP contribution in [0.4, 0.5) is 0 Å². The molecule has 0 unspecified atom stereocenters. The van der Waals surface area contributed by atoms with E-state index in [-0.39, 0.29) is 12.6 Å². The molecule has 4 heteroatoms. The lowest BCUT2D eigenvalue weighted by atomic mass is 10.0. The van der Waals surface area contributed by atoms with Gasteiger partial charge in [0.05, 0.1) is 6.61 Å². The lowest BCUT2D eigenvalue weighted by Crippen LogP contribution is -2.22. The largest absolute Gasteiger partial charge is 0.392 e. The predicted octanol–water partition coefficient (Wildman–Crippen LogP) is 0.900. The molecule has 0 aliphatic heterocycles. The number of halogens is 1. The third-order valence-electron chi connectivity index (χ3n) is 1.93. The van der Waals surface area contributed by atoms with Gasteiger partial charge in [0.1, 0.15) is 0 Å². The van der Waals surface area contributed by atoms with Gasteiger partial charge in [0, 0.05) is 17.1 Å². The van der Waals surface area contributed by atoms with Crippen molar-refractivity contribution in [1.29, 1.82) is 0 Å². The smallest absolute Gasteiger partial charge is 0.0685 e. The molecule has 3 nitrogen and oxygen atoms in total. The minimum absolute atomic E-state index is 0.0114. The summed E-state index contributed by atoms with van der Waals surface area (Å²) < 4.78 is 0.935. The second-order valence-corrected chi connectivity index (χ2v) is 3.76. The predicted molar refractivity (Wildman–Crippen MR) is 56.0 cm³/mol. The van der Waals surface area contributed by atoms with Crippen LogP contribution in [0, 0.1) is 0 Å². The van der Waals surface area contributed by atoms with Crippen LogP contribution in [0.25, 0.3) is 0 Å². The van der Waals surface area contributed by atoms with Gasteiger partial charge >= 0.3 is 0 Å². The zero-order chi connectivity index (χ0) is 9.84. The van der Waals surface area contributed by atoms with Crippen molar-refractivity contribution in [2.45, 2.75) is 12.6 Å². The molecule has 1 atom stereocenters. The molecular formula is C9H13BrN2O. The van der Waals surface area contributed by atoms with Gasteiger partial charge in [-0.05, 0) is 23.3 Å². The first-order valence-electron chi connectivity index (χ1n) is 4.04. The second-order valence-electron chi connectivity index (χ2n) is 2.84. The van der Waals surface area contributed by atoms with E-state index in [1.165, 1.54) is 0 Å². The fourth-order valence-electron chi connectivity index (χ4n) is 1.20.